The van der Waals surface area contributed by atoms with Crippen LogP contribution < -0.4 is 4.74 Å². The molecule has 108 valence electrons. The molecule has 0 aliphatic rings. The van der Waals surface area contributed by atoms with Crippen molar-refractivity contribution in [2.75, 3.05) is 0 Å². The van der Waals surface area contributed by atoms with Crippen molar-refractivity contribution >= 4 is 23.2 Å². The summed E-state index contributed by atoms with van der Waals surface area (Å²) in [5.41, 5.74) is 2.75. The standard InChI is InChI=1S/C17H15Cl2NO/c1-10(2)14-8-13(6-4-11(14)3)21-17-15(18)7-5-12(9-20)16(17)19/h4-8,10H,1-3H3. The highest BCUT2D eigenvalue weighted by Gasteiger charge is 2.14. The van der Waals surface area contributed by atoms with Gasteiger partial charge < -0.3 is 4.74 Å². The van der Waals surface area contributed by atoms with Crippen molar-refractivity contribution in [1.29, 1.82) is 5.26 Å². The first kappa shape index (κ1) is 15.7. The average Bonchev–Trinajstić information content (AvgIpc) is 2.45. The Labute approximate surface area is 134 Å². The molecule has 0 saturated carbocycles. The molecule has 0 unspecified atom stereocenters. The predicted octanol–water partition coefficient (Wildman–Crippen LogP) is 6.09. The number of nitriles is 1. The van der Waals surface area contributed by atoms with E-state index in [-0.39, 0.29) is 5.02 Å². The summed E-state index contributed by atoms with van der Waals surface area (Å²) in [4.78, 5) is 0. The first-order valence-corrected chi connectivity index (χ1v) is 7.36. The largest absolute Gasteiger partial charge is 0.454 e. The summed E-state index contributed by atoms with van der Waals surface area (Å²) in [5, 5.41) is 9.63. The summed E-state index contributed by atoms with van der Waals surface area (Å²) >= 11 is 12.3. The van der Waals surface area contributed by atoms with Crippen molar-refractivity contribution in [1.82, 2.24) is 0 Å². The molecule has 2 rings (SSSR count). The summed E-state index contributed by atoms with van der Waals surface area (Å²) in [7, 11) is 0. The SMILES string of the molecule is Cc1ccc(Oc2c(Cl)ccc(C#N)c2Cl)cc1C(C)C. The van der Waals surface area contributed by atoms with Crippen molar-refractivity contribution in [2.45, 2.75) is 26.7 Å². The average molecular weight is 320 g/mol. The second kappa shape index (κ2) is 6.39. The second-order valence-corrected chi connectivity index (χ2v) is 5.91. The van der Waals surface area contributed by atoms with Crippen LogP contribution in [0.5, 0.6) is 11.5 Å². The van der Waals surface area contributed by atoms with Gasteiger partial charge in [-0.15, -0.1) is 0 Å². The Balaban J connectivity index is 2.44. The van der Waals surface area contributed by atoms with Gasteiger partial charge in [0.25, 0.3) is 0 Å². The predicted molar refractivity (Wildman–Crippen MR) is 86.5 cm³/mol. The number of ether oxygens (including phenoxy) is 1. The number of halogens is 2. The molecule has 2 aromatic rings. The molecular formula is C17H15Cl2NO. The first-order chi connectivity index (χ1) is 9.93. The molecule has 0 saturated heterocycles. The van der Waals surface area contributed by atoms with Gasteiger partial charge in [-0.05, 0) is 48.2 Å². The van der Waals surface area contributed by atoms with Gasteiger partial charge in [-0.25, -0.2) is 0 Å². The number of benzene rings is 2. The fourth-order valence-corrected chi connectivity index (χ4v) is 2.62. The zero-order chi connectivity index (χ0) is 15.6. The van der Waals surface area contributed by atoms with Crippen molar-refractivity contribution in [3.05, 3.63) is 57.1 Å². The van der Waals surface area contributed by atoms with Crippen molar-refractivity contribution in [3.63, 3.8) is 0 Å². The Morgan fingerprint density at radius 3 is 2.48 bits per heavy atom. The van der Waals surface area contributed by atoms with Crippen LogP contribution in [0, 0.1) is 18.3 Å². The number of aryl methyl sites for hydroxylation is 1. The Morgan fingerprint density at radius 1 is 1.14 bits per heavy atom. The van der Waals surface area contributed by atoms with Crippen molar-refractivity contribution < 1.29 is 4.74 Å². The number of hydrogen-bond acceptors (Lipinski definition) is 2. The van der Waals surface area contributed by atoms with E-state index in [2.05, 4.69) is 20.8 Å². The van der Waals surface area contributed by atoms with Crippen molar-refractivity contribution in [2.24, 2.45) is 0 Å². The Kier molecular flexibility index (Phi) is 4.77. The molecule has 0 bridgehead atoms. The van der Waals surface area contributed by atoms with Crippen LogP contribution in [0.3, 0.4) is 0 Å². The summed E-state index contributed by atoms with van der Waals surface area (Å²) in [5.74, 6) is 1.36. The molecule has 4 heteroatoms. The van der Waals surface area contributed by atoms with E-state index in [0.29, 0.717) is 28.0 Å². The van der Waals surface area contributed by atoms with Crippen LogP contribution in [0.25, 0.3) is 0 Å². The van der Waals surface area contributed by atoms with Crippen LogP contribution in [0.2, 0.25) is 10.0 Å². The monoisotopic (exact) mass is 319 g/mol. The van der Waals surface area contributed by atoms with Gasteiger partial charge in [0, 0.05) is 0 Å². The molecule has 0 aromatic heterocycles. The topological polar surface area (TPSA) is 33.0 Å². The fourth-order valence-electron chi connectivity index (χ4n) is 2.13. The van der Waals surface area contributed by atoms with Gasteiger partial charge in [-0.3, -0.25) is 0 Å². The van der Waals surface area contributed by atoms with Gasteiger partial charge in [0.2, 0.25) is 0 Å². The maximum absolute atomic E-state index is 9.02. The van der Waals surface area contributed by atoms with E-state index in [1.165, 1.54) is 11.1 Å². The first-order valence-electron chi connectivity index (χ1n) is 6.60. The number of rotatable bonds is 3. The van der Waals surface area contributed by atoms with E-state index in [4.69, 9.17) is 33.2 Å². The van der Waals surface area contributed by atoms with Gasteiger partial charge in [-0.1, -0.05) is 43.1 Å². The fraction of sp³-hybridized carbons (Fsp3) is 0.235. The Morgan fingerprint density at radius 2 is 1.86 bits per heavy atom. The Hall–Kier alpha value is -1.69. The lowest BCUT2D eigenvalue weighted by molar-refractivity contribution is 0.481. The third-order valence-electron chi connectivity index (χ3n) is 3.26. The summed E-state index contributed by atoms with van der Waals surface area (Å²) in [6.07, 6.45) is 0. The lowest BCUT2D eigenvalue weighted by Gasteiger charge is -2.14. The molecule has 0 radical (unpaired) electrons. The van der Waals surface area contributed by atoms with E-state index < -0.39 is 0 Å². The van der Waals surface area contributed by atoms with Crippen LogP contribution in [-0.4, -0.2) is 0 Å². The molecule has 0 aliphatic heterocycles. The molecule has 2 nitrogen and oxygen atoms in total. The van der Waals surface area contributed by atoms with Gasteiger partial charge in [0.05, 0.1) is 10.6 Å². The highest BCUT2D eigenvalue weighted by atomic mass is 35.5. The maximum atomic E-state index is 9.02. The highest BCUT2D eigenvalue weighted by Crippen LogP contribution is 2.39. The van der Waals surface area contributed by atoms with Crippen LogP contribution in [0.4, 0.5) is 0 Å². The van der Waals surface area contributed by atoms with Gasteiger partial charge in [0.15, 0.2) is 5.75 Å². The summed E-state index contributed by atoms with van der Waals surface area (Å²) in [6, 6.07) is 11.0. The van der Waals surface area contributed by atoms with Crippen molar-refractivity contribution in [3.8, 4) is 17.6 Å². The second-order valence-electron chi connectivity index (χ2n) is 5.13. The molecule has 2 aromatic carbocycles. The molecule has 0 spiro atoms. The smallest absolute Gasteiger partial charge is 0.165 e. The van der Waals surface area contributed by atoms with Crippen LogP contribution in [0.15, 0.2) is 30.3 Å². The molecule has 0 fully saturated rings. The molecular weight excluding hydrogens is 305 g/mol. The number of hydrogen-bond donors (Lipinski definition) is 0. The zero-order valence-corrected chi connectivity index (χ0v) is 13.6. The summed E-state index contributed by atoms with van der Waals surface area (Å²) < 4.78 is 5.81. The van der Waals surface area contributed by atoms with Gasteiger partial charge in [-0.2, -0.15) is 5.26 Å². The minimum Gasteiger partial charge on any atom is -0.454 e. The minimum atomic E-state index is 0.233. The van der Waals surface area contributed by atoms with E-state index in [9.17, 15) is 0 Å². The maximum Gasteiger partial charge on any atom is 0.165 e. The molecule has 21 heavy (non-hydrogen) atoms. The van der Waals surface area contributed by atoms with E-state index >= 15 is 0 Å². The molecule has 0 aliphatic carbocycles. The van der Waals surface area contributed by atoms with Crippen LogP contribution in [0.1, 0.15) is 36.5 Å². The lowest BCUT2D eigenvalue weighted by Crippen LogP contribution is -1.94. The van der Waals surface area contributed by atoms with Gasteiger partial charge in [0.1, 0.15) is 16.8 Å². The highest BCUT2D eigenvalue weighted by molar-refractivity contribution is 6.37. The van der Waals surface area contributed by atoms with E-state index in [0.717, 1.165) is 0 Å². The minimum absolute atomic E-state index is 0.233. The van der Waals surface area contributed by atoms with Crippen LogP contribution >= 0.6 is 23.2 Å². The Bertz CT molecular complexity index is 717. The summed E-state index contributed by atoms with van der Waals surface area (Å²) in [6.45, 7) is 6.32. The van der Waals surface area contributed by atoms with Crippen LogP contribution in [-0.2, 0) is 0 Å². The third kappa shape index (κ3) is 3.32. The van der Waals surface area contributed by atoms with E-state index in [1.54, 1.807) is 12.1 Å². The van der Waals surface area contributed by atoms with Gasteiger partial charge >= 0.3 is 0 Å². The quantitative estimate of drug-likeness (QED) is 0.685. The molecule has 0 N–H and O–H groups in total. The molecule has 0 atom stereocenters. The van der Waals surface area contributed by atoms with E-state index in [1.807, 2.05) is 24.3 Å². The molecule has 0 heterocycles. The third-order valence-corrected chi connectivity index (χ3v) is 3.94. The lowest BCUT2D eigenvalue weighted by atomic mass is 9.98. The normalized spacial score (nSPS) is 10.5. The number of nitrogens with zero attached hydrogens (tertiary/aromatic N) is 1. The molecule has 0 amide bonds. The zero-order valence-electron chi connectivity index (χ0n) is 12.1.